The molecule has 0 fully saturated rings. The van der Waals surface area contributed by atoms with E-state index in [1.807, 2.05) is 6.07 Å². The van der Waals surface area contributed by atoms with Crippen LogP contribution in [0.3, 0.4) is 0 Å². The Balaban J connectivity index is 2.78. The summed E-state index contributed by atoms with van der Waals surface area (Å²) in [6.45, 7) is 0. The number of hydrogen-bond donors (Lipinski definition) is 1. The Hall–Kier alpha value is -2.42. The van der Waals surface area contributed by atoms with Crippen molar-refractivity contribution < 1.29 is 9.90 Å². The van der Waals surface area contributed by atoms with E-state index in [0.717, 1.165) is 0 Å². The normalized spacial score (nSPS) is 9.93. The van der Waals surface area contributed by atoms with Gasteiger partial charge in [-0.05, 0) is 6.07 Å². The van der Waals surface area contributed by atoms with Gasteiger partial charge in [0.25, 0.3) is 0 Å². The molecule has 0 aliphatic carbocycles. The molecule has 0 radical (unpaired) electrons. The van der Waals surface area contributed by atoms with Crippen molar-refractivity contribution in [2.45, 2.75) is 0 Å². The summed E-state index contributed by atoms with van der Waals surface area (Å²) in [5.41, 5.74) is 0.176. The Bertz CT molecular complexity index is 552. The highest BCUT2D eigenvalue weighted by Crippen LogP contribution is 2.05. The first-order valence-corrected chi connectivity index (χ1v) is 3.70. The lowest BCUT2D eigenvalue weighted by Crippen LogP contribution is -1.95. The SMILES string of the molecule is N#Cc1ccnc2nc(C(=O)O)cn12. The largest absolute Gasteiger partial charge is 0.476 e. The zero-order chi connectivity index (χ0) is 10.1. The minimum atomic E-state index is -1.14. The average Bonchev–Trinajstić information content (AvgIpc) is 2.60. The predicted molar refractivity (Wildman–Crippen MR) is 44.7 cm³/mol. The van der Waals surface area contributed by atoms with E-state index in [-0.39, 0.29) is 11.5 Å². The van der Waals surface area contributed by atoms with Crippen LogP contribution in [0.1, 0.15) is 16.2 Å². The van der Waals surface area contributed by atoms with Gasteiger partial charge in [0.05, 0.1) is 0 Å². The molecule has 0 unspecified atom stereocenters. The molecular weight excluding hydrogens is 184 g/mol. The number of rotatable bonds is 1. The van der Waals surface area contributed by atoms with Gasteiger partial charge in [0, 0.05) is 12.4 Å². The molecule has 14 heavy (non-hydrogen) atoms. The van der Waals surface area contributed by atoms with Crippen molar-refractivity contribution in [1.29, 1.82) is 5.26 Å². The smallest absolute Gasteiger partial charge is 0.356 e. The van der Waals surface area contributed by atoms with Crippen LogP contribution in [0.2, 0.25) is 0 Å². The summed E-state index contributed by atoms with van der Waals surface area (Å²) in [6, 6.07) is 3.40. The van der Waals surface area contributed by atoms with Gasteiger partial charge in [0.2, 0.25) is 5.78 Å². The number of carboxylic acid groups (broad SMARTS) is 1. The van der Waals surface area contributed by atoms with E-state index in [0.29, 0.717) is 5.69 Å². The molecule has 0 bridgehead atoms. The standard InChI is InChI=1S/C8H4N4O2/c9-3-5-1-2-10-8-11-6(7(13)14)4-12(5)8/h1-2,4H,(H,13,14). The fourth-order valence-electron chi connectivity index (χ4n) is 1.09. The average molecular weight is 188 g/mol. The molecular formula is C8H4N4O2. The lowest BCUT2D eigenvalue weighted by atomic mass is 10.4. The van der Waals surface area contributed by atoms with Gasteiger partial charge in [-0.1, -0.05) is 0 Å². The van der Waals surface area contributed by atoms with Crippen molar-refractivity contribution >= 4 is 11.7 Å². The summed E-state index contributed by atoms with van der Waals surface area (Å²) in [7, 11) is 0. The molecule has 68 valence electrons. The summed E-state index contributed by atoms with van der Waals surface area (Å²) in [6.07, 6.45) is 2.68. The maximum atomic E-state index is 10.6. The number of nitriles is 1. The molecule has 2 aromatic heterocycles. The molecule has 6 heteroatoms. The van der Waals surface area contributed by atoms with Crippen molar-refractivity contribution in [2.24, 2.45) is 0 Å². The highest BCUT2D eigenvalue weighted by atomic mass is 16.4. The second-order valence-corrected chi connectivity index (χ2v) is 2.54. The minimum Gasteiger partial charge on any atom is -0.476 e. The van der Waals surface area contributed by atoms with Crippen molar-refractivity contribution in [1.82, 2.24) is 14.4 Å². The van der Waals surface area contributed by atoms with Crippen LogP contribution >= 0.6 is 0 Å². The van der Waals surface area contributed by atoms with Gasteiger partial charge in [0.15, 0.2) is 5.69 Å². The summed E-state index contributed by atoms with van der Waals surface area (Å²) < 4.78 is 1.34. The lowest BCUT2D eigenvalue weighted by molar-refractivity contribution is 0.0691. The maximum Gasteiger partial charge on any atom is 0.356 e. The van der Waals surface area contributed by atoms with Crippen LogP contribution in [-0.4, -0.2) is 25.4 Å². The molecule has 0 spiro atoms. The van der Waals surface area contributed by atoms with Crippen molar-refractivity contribution in [3.05, 3.63) is 29.8 Å². The molecule has 2 heterocycles. The second kappa shape index (κ2) is 2.81. The molecule has 0 saturated heterocycles. The third-order valence-electron chi connectivity index (χ3n) is 1.70. The predicted octanol–water partition coefficient (Wildman–Crippen LogP) is 0.299. The number of aromatic nitrogens is 3. The molecule has 0 atom stereocenters. The first kappa shape index (κ1) is 8.19. The van der Waals surface area contributed by atoms with Crippen LogP contribution in [0.5, 0.6) is 0 Å². The van der Waals surface area contributed by atoms with E-state index in [4.69, 9.17) is 10.4 Å². The molecule has 0 saturated carbocycles. The van der Waals surface area contributed by atoms with E-state index in [1.165, 1.54) is 22.9 Å². The number of aromatic carboxylic acids is 1. The van der Waals surface area contributed by atoms with Gasteiger partial charge in [-0.25, -0.2) is 14.8 Å². The number of nitrogens with zero attached hydrogens (tertiary/aromatic N) is 4. The number of carbonyl (C=O) groups is 1. The highest BCUT2D eigenvalue weighted by molar-refractivity contribution is 5.85. The fraction of sp³-hybridized carbons (Fsp3) is 0. The Labute approximate surface area is 78.1 Å². The quantitative estimate of drug-likeness (QED) is 0.694. The summed E-state index contributed by atoms with van der Waals surface area (Å²) >= 11 is 0. The Morgan fingerprint density at radius 3 is 3.07 bits per heavy atom. The lowest BCUT2D eigenvalue weighted by Gasteiger charge is -1.92. The van der Waals surface area contributed by atoms with Crippen LogP contribution in [0.15, 0.2) is 18.5 Å². The molecule has 2 aromatic rings. The van der Waals surface area contributed by atoms with Crippen LogP contribution in [0.25, 0.3) is 5.78 Å². The van der Waals surface area contributed by atoms with Crippen molar-refractivity contribution in [3.63, 3.8) is 0 Å². The Morgan fingerprint density at radius 1 is 1.64 bits per heavy atom. The summed E-state index contributed by atoms with van der Waals surface area (Å²) in [5, 5.41) is 17.4. The number of imidazole rings is 1. The number of fused-ring (bicyclic) bond motifs is 1. The second-order valence-electron chi connectivity index (χ2n) is 2.54. The zero-order valence-corrected chi connectivity index (χ0v) is 6.88. The molecule has 6 nitrogen and oxygen atoms in total. The number of carboxylic acids is 1. The van der Waals surface area contributed by atoms with E-state index in [1.54, 1.807) is 0 Å². The van der Waals surface area contributed by atoms with Gasteiger partial charge >= 0.3 is 5.97 Å². The van der Waals surface area contributed by atoms with Crippen LogP contribution < -0.4 is 0 Å². The Kier molecular flexibility index (Phi) is 1.65. The molecule has 0 aromatic carbocycles. The topological polar surface area (TPSA) is 91.3 Å². The van der Waals surface area contributed by atoms with Crippen molar-refractivity contribution in [2.75, 3.05) is 0 Å². The van der Waals surface area contributed by atoms with Gasteiger partial charge in [-0.2, -0.15) is 5.26 Å². The fourth-order valence-corrected chi connectivity index (χ4v) is 1.09. The monoisotopic (exact) mass is 188 g/mol. The first-order chi connectivity index (χ1) is 6.72. The summed E-state index contributed by atoms with van der Waals surface area (Å²) in [5.74, 6) is -0.930. The van der Waals surface area contributed by atoms with Gasteiger partial charge < -0.3 is 5.11 Å². The molecule has 2 rings (SSSR count). The van der Waals surface area contributed by atoms with Gasteiger partial charge in [-0.3, -0.25) is 4.40 Å². The van der Waals surface area contributed by atoms with Crippen LogP contribution in [-0.2, 0) is 0 Å². The zero-order valence-electron chi connectivity index (χ0n) is 6.88. The first-order valence-electron chi connectivity index (χ1n) is 3.70. The van der Waals surface area contributed by atoms with Crippen LogP contribution in [0.4, 0.5) is 0 Å². The maximum absolute atomic E-state index is 10.6. The number of hydrogen-bond acceptors (Lipinski definition) is 4. The van der Waals surface area contributed by atoms with Crippen LogP contribution in [0, 0.1) is 11.3 Å². The van der Waals surface area contributed by atoms with Gasteiger partial charge in [0.1, 0.15) is 11.8 Å². The third-order valence-corrected chi connectivity index (χ3v) is 1.70. The van der Waals surface area contributed by atoms with E-state index in [9.17, 15) is 4.79 Å². The molecule has 0 amide bonds. The third kappa shape index (κ3) is 1.08. The molecule has 1 N–H and O–H groups in total. The Morgan fingerprint density at radius 2 is 2.43 bits per heavy atom. The van der Waals surface area contributed by atoms with Gasteiger partial charge in [-0.15, -0.1) is 0 Å². The van der Waals surface area contributed by atoms with Crippen molar-refractivity contribution in [3.8, 4) is 6.07 Å². The van der Waals surface area contributed by atoms with E-state index >= 15 is 0 Å². The minimum absolute atomic E-state index is 0.125. The summed E-state index contributed by atoms with van der Waals surface area (Å²) in [4.78, 5) is 18.1. The van der Waals surface area contributed by atoms with E-state index < -0.39 is 5.97 Å². The van der Waals surface area contributed by atoms with E-state index in [2.05, 4.69) is 9.97 Å². The molecule has 0 aliphatic rings. The molecule has 0 aliphatic heterocycles. The highest BCUT2D eigenvalue weighted by Gasteiger charge is 2.10.